The highest BCUT2D eigenvalue weighted by Gasteiger charge is 2.03. The minimum absolute atomic E-state index is 0.992. The van der Waals surface area contributed by atoms with E-state index in [0.717, 1.165) is 16.6 Å². The maximum atomic E-state index is 4.44. The topological polar surface area (TPSA) is 25.8 Å². The maximum absolute atomic E-state index is 4.44. The van der Waals surface area contributed by atoms with E-state index in [1.807, 2.05) is 42.7 Å². The number of benzene rings is 1. The molecule has 2 heterocycles. The zero-order chi connectivity index (χ0) is 10.8. The molecule has 0 saturated heterocycles. The highest BCUT2D eigenvalue weighted by Crippen LogP contribution is 2.25. The molecule has 0 amide bonds. The van der Waals surface area contributed by atoms with Crippen LogP contribution >= 0.6 is 0 Å². The fourth-order valence-electron chi connectivity index (χ4n) is 1.85. The van der Waals surface area contributed by atoms with Crippen molar-refractivity contribution in [2.24, 2.45) is 0 Å². The van der Waals surface area contributed by atoms with E-state index in [1.165, 1.54) is 5.39 Å². The molecule has 0 aliphatic heterocycles. The fraction of sp³-hybridized carbons (Fsp3) is 0. The zero-order valence-corrected chi connectivity index (χ0v) is 8.67. The van der Waals surface area contributed by atoms with E-state index in [1.54, 1.807) is 6.20 Å². The first-order chi connectivity index (χ1) is 7.95. The lowest BCUT2D eigenvalue weighted by atomic mass is 10.1. The van der Waals surface area contributed by atoms with Crippen molar-refractivity contribution in [3.8, 4) is 11.3 Å². The molecule has 0 radical (unpaired) electrons. The van der Waals surface area contributed by atoms with Crippen molar-refractivity contribution >= 4 is 10.8 Å². The molecular formula is C14H10N2. The Kier molecular flexibility index (Phi) is 2.11. The van der Waals surface area contributed by atoms with Gasteiger partial charge >= 0.3 is 0 Å². The summed E-state index contributed by atoms with van der Waals surface area (Å²) < 4.78 is 0. The lowest BCUT2D eigenvalue weighted by Gasteiger charge is -2.04. The normalized spacial score (nSPS) is 10.5. The van der Waals surface area contributed by atoms with Crippen LogP contribution in [0.1, 0.15) is 0 Å². The highest BCUT2D eigenvalue weighted by molar-refractivity contribution is 5.94. The number of aromatic nitrogens is 2. The van der Waals surface area contributed by atoms with Gasteiger partial charge in [-0.05, 0) is 23.6 Å². The van der Waals surface area contributed by atoms with Crippen molar-refractivity contribution in [3.05, 3.63) is 61.1 Å². The van der Waals surface area contributed by atoms with E-state index < -0.39 is 0 Å². The van der Waals surface area contributed by atoms with Gasteiger partial charge < -0.3 is 0 Å². The number of hydrogen-bond donors (Lipinski definition) is 0. The standard InChI is InChI=1S/C14H10N2/c1-2-6-13-11(4-1)7-9-16-14(13)12-5-3-8-15-10-12/h1-10H. The largest absolute Gasteiger partial charge is 0.264 e. The molecule has 0 bridgehead atoms. The second-order valence-electron chi connectivity index (χ2n) is 3.62. The number of fused-ring (bicyclic) bond motifs is 1. The van der Waals surface area contributed by atoms with Gasteiger partial charge in [0.05, 0.1) is 5.69 Å². The van der Waals surface area contributed by atoms with Crippen molar-refractivity contribution in [2.75, 3.05) is 0 Å². The minimum atomic E-state index is 0.992. The summed E-state index contributed by atoms with van der Waals surface area (Å²) in [4.78, 5) is 8.56. The van der Waals surface area contributed by atoms with Crippen LogP contribution in [0.4, 0.5) is 0 Å². The monoisotopic (exact) mass is 206 g/mol. The Morgan fingerprint density at radius 2 is 1.75 bits per heavy atom. The molecular weight excluding hydrogens is 196 g/mol. The van der Waals surface area contributed by atoms with Crippen LogP contribution in [0.5, 0.6) is 0 Å². The molecule has 2 aromatic heterocycles. The molecule has 0 N–H and O–H groups in total. The smallest absolute Gasteiger partial charge is 0.0795 e. The molecule has 1 aromatic carbocycles. The van der Waals surface area contributed by atoms with Crippen LogP contribution < -0.4 is 0 Å². The summed E-state index contributed by atoms with van der Waals surface area (Å²) in [5.74, 6) is 0. The van der Waals surface area contributed by atoms with Crippen LogP contribution in [0.2, 0.25) is 0 Å². The molecule has 0 unspecified atom stereocenters. The van der Waals surface area contributed by atoms with E-state index in [-0.39, 0.29) is 0 Å². The van der Waals surface area contributed by atoms with Crippen molar-refractivity contribution in [2.45, 2.75) is 0 Å². The van der Waals surface area contributed by atoms with Crippen LogP contribution in [0.3, 0.4) is 0 Å². The molecule has 0 atom stereocenters. The summed E-state index contributed by atoms with van der Waals surface area (Å²) >= 11 is 0. The average Bonchev–Trinajstić information content (AvgIpc) is 2.39. The van der Waals surface area contributed by atoms with Gasteiger partial charge in [-0.1, -0.05) is 24.3 Å². The second-order valence-corrected chi connectivity index (χ2v) is 3.62. The lowest BCUT2D eigenvalue weighted by molar-refractivity contribution is 1.29. The molecule has 2 heteroatoms. The Morgan fingerprint density at radius 1 is 0.812 bits per heavy atom. The number of pyridine rings is 2. The predicted molar refractivity (Wildman–Crippen MR) is 65.0 cm³/mol. The Hall–Kier alpha value is -2.22. The molecule has 0 saturated carbocycles. The van der Waals surface area contributed by atoms with Gasteiger partial charge in [0, 0.05) is 29.5 Å². The van der Waals surface area contributed by atoms with Crippen molar-refractivity contribution in [3.63, 3.8) is 0 Å². The Bertz CT molecular complexity index is 612. The van der Waals surface area contributed by atoms with Gasteiger partial charge in [-0.2, -0.15) is 0 Å². The molecule has 0 spiro atoms. The van der Waals surface area contributed by atoms with Gasteiger partial charge in [0.25, 0.3) is 0 Å². The SMILES string of the molecule is c1cncc(-c2nccc3ccccc23)c1. The first-order valence-electron chi connectivity index (χ1n) is 5.19. The fourth-order valence-corrected chi connectivity index (χ4v) is 1.85. The van der Waals surface area contributed by atoms with Crippen LogP contribution in [-0.4, -0.2) is 9.97 Å². The Morgan fingerprint density at radius 3 is 2.62 bits per heavy atom. The number of nitrogens with zero attached hydrogens (tertiary/aromatic N) is 2. The minimum Gasteiger partial charge on any atom is -0.264 e. The van der Waals surface area contributed by atoms with E-state index in [4.69, 9.17) is 0 Å². The van der Waals surface area contributed by atoms with E-state index in [2.05, 4.69) is 22.1 Å². The van der Waals surface area contributed by atoms with Crippen molar-refractivity contribution in [1.29, 1.82) is 0 Å². The molecule has 3 aromatic rings. The van der Waals surface area contributed by atoms with E-state index in [0.29, 0.717) is 0 Å². The van der Waals surface area contributed by atoms with Gasteiger partial charge in [0.15, 0.2) is 0 Å². The van der Waals surface area contributed by atoms with Crippen molar-refractivity contribution < 1.29 is 0 Å². The second kappa shape index (κ2) is 3.74. The summed E-state index contributed by atoms with van der Waals surface area (Å²) in [5, 5.41) is 2.37. The van der Waals surface area contributed by atoms with Crippen LogP contribution in [0, 0.1) is 0 Å². The Labute approximate surface area is 93.6 Å². The van der Waals surface area contributed by atoms with Crippen LogP contribution in [0.25, 0.3) is 22.0 Å². The summed E-state index contributed by atoms with van der Waals surface area (Å²) in [6.07, 6.45) is 5.45. The number of rotatable bonds is 1. The molecule has 76 valence electrons. The molecule has 3 rings (SSSR count). The van der Waals surface area contributed by atoms with Crippen LogP contribution in [0.15, 0.2) is 61.1 Å². The first kappa shape index (κ1) is 9.04. The number of hydrogen-bond acceptors (Lipinski definition) is 2. The summed E-state index contributed by atoms with van der Waals surface area (Å²) in [6, 6.07) is 14.2. The molecule has 2 nitrogen and oxygen atoms in total. The molecule has 0 aliphatic rings. The zero-order valence-electron chi connectivity index (χ0n) is 8.67. The quantitative estimate of drug-likeness (QED) is 0.610. The van der Waals surface area contributed by atoms with Gasteiger partial charge in [-0.3, -0.25) is 9.97 Å². The van der Waals surface area contributed by atoms with Gasteiger partial charge in [-0.25, -0.2) is 0 Å². The third kappa shape index (κ3) is 1.44. The highest BCUT2D eigenvalue weighted by atomic mass is 14.7. The van der Waals surface area contributed by atoms with Crippen molar-refractivity contribution in [1.82, 2.24) is 9.97 Å². The average molecular weight is 206 g/mol. The third-order valence-electron chi connectivity index (χ3n) is 2.61. The third-order valence-corrected chi connectivity index (χ3v) is 2.61. The molecule has 0 aliphatic carbocycles. The van der Waals surface area contributed by atoms with Gasteiger partial charge in [-0.15, -0.1) is 0 Å². The summed E-state index contributed by atoms with van der Waals surface area (Å²) in [7, 11) is 0. The summed E-state index contributed by atoms with van der Waals surface area (Å²) in [6.45, 7) is 0. The Balaban J connectivity index is 2.32. The van der Waals surface area contributed by atoms with Gasteiger partial charge in [0.1, 0.15) is 0 Å². The van der Waals surface area contributed by atoms with E-state index >= 15 is 0 Å². The van der Waals surface area contributed by atoms with E-state index in [9.17, 15) is 0 Å². The lowest BCUT2D eigenvalue weighted by Crippen LogP contribution is -1.85. The maximum Gasteiger partial charge on any atom is 0.0795 e. The predicted octanol–water partition coefficient (Wildman–Crippen LogP) is 3.30. The molecule has 16 heavy (non-hydrogen) atoms. The summed E-state index contributed by atoms with van der Waals surface area (Å²) in [5.41, 5.74) is 2.05. The molecule has 0 fully saturated rings. The van der Waals surface area contributed by atoms with Gasteiger partial charge in [0.2, 0.25) is 0 Å². The van der Waals surface area contributed by atoms with Crippen LogP contribution in [-0.2, 0) is 0 Å². The first-order valence-corrected chi connectivity index (χ1v) is 5.19.